The molecule has 1 atom stereocenters. The molecule has 108 valence electrons. The van der Waals surface area contributed by atoms with Gasteiger partial charge in [-0.2, -0.15) is 13.2 Å². The van der Waals surface area contributed by atoms with Crippen LogP contribution in [0.15, 0.2) is 15.6 Å². The maximum absolute atomic E-state index is 13.4. The van der Waals surface area contributed by atoms with Crippen molar-refractivity contribution >= 4 is 28.7 Å². The molecule has 3 heterocycles. The number of alkyl halides is 3. The number of amidine groups is 1. The molecule has 0 radical (unpaired) electrons. The molecule has 0 bridgehead atoms. The summed E-state index contributed by atoms with van der Waals surface area (Å²) in [6.45, 7) is 1.76. The Hall–Kier alpha value is -1.71. The van der Waals surface area contributed by atoms with Crippen molar-refractivity contribution in [2.45, 2.75) is 18.8 Å². The van der Waals surface area contributed by atoms with Crippen molar-refractivity contribution in [1.29, 1.82) is 0 Å². The van der Waals surface area contributed by atoms with E-state index in [9.17, 15) is 18.0 Å². The molecule has 0 unspecified atom stereocenters. The second-order valence-corrected chi connectivity index (χ2v) is 5.42. The van der Waals surface area contributed by atoms with E-state index in [4.69, 9.17) is 4.52 Å². The van der Waals surface area contributed by atoms with Gasteiger partial charge in [0.1, 0.15) is 5.76 Å². The summed E-state index contributed by atoms with van der Waals surface area (Å²) >= 11 is 1.12. The number of aliphatic imine (C=N–C) groups is 1. The summed E-state index contributed by atoms with van der Waals surface area (Å²) in [7, 11) is 0. The number of aryl methyl sites for hydroxylation is 1. The van der Waals surface area contributed by atoms with Gasteiger partial charge in [-0.1, -0.05) is 16.9 Å². The van der Waals surface area contributed by atoms with E-state index in [1.54, 1.807) is 0 Å². The van der Waals surface area contributed by atoms with Gasteiger partial charge in [-0.15, -0.1) is 0 Å². The number of halogens is 3. The Morgan fingerprint density at radius 3 is 2.85 bits per heavy atom. The zero-order valence-corrected chi connectivity index (χ0v) is 11.0. The van der Waals surface area contributed by atoms with Crippen molar-refractivity contribution in [3.05, 3.63) is 11.8 Å². The summed E-state index contributed by atoms with van der Waals surface area (Å²) in [6.07, 6.45) is -4.88. The molecule has 1 fully saturated rings. The second-order valence-electron chi connectivity index (χ2n) is 4.36. The molecule has 6 nitrogen and oxygen atoms in total. The van der Waals surface area contributed by atoms with Gasteiger partial charge in [0.25, 0.3) is 5.91 Å². The largest absolute Gasteiger partial charge is 0.442 e. The Bertz CT molecular complexity index is 600. The van der Waals surface area contributed by atoms with Crippen LogP contribution >= 0.6 is 11.8 Å². The summed E-state index contributed by atoms with van der Waals surface area (Å²) in [5.41, 5.74) is -3.01. The number of thioether (sulfide) groups is 1. The lowest BCUT2D eigenvalue weighted by atomic mass is 10.1. The predicted octanol–water partition coefficient (Wildman–Crippen LogP) is 1.60. The first kappa shape index (κ1) is 13.3. The van der Waals surface area contributed by atoms with E-state index in [2.05, 4.69) is 15.5 Å². The zero-order valence-electron chi connectivity index (χ0n) is 10.2. The van der Waals surface area contributed by atoms with Crippen LogP contribution in [0, 0.1) is 6.92 Å². The molecule has 0 saturated carbocycles. The first-order valence-electron chi connectivity index (χ1n) is 5.66. The van der Waals surface area contributed by atoms with E-state index in [1.165, 1.54) is 13.0 Å². The van der Waals surface area contributed by atoms with Crippen LogP contribution in [0.5, 0.6) is 0 Å². The molecule has 1 aromatic heterocycles. The van der Waals surface area contributed by atoms with Gasteiger partial charge in [-0.25, -0.2) is 4.99 Å². The molecule has 1 N–H and O–H groups in total. The normalized spacial score (nSPS) is 25.9. The van der Waals surface area contributed by atoms with E-state index in [0.717, 1.165) is 16.7 Å². The number of aromatic nitrogens is 1. The first-order valence-corrected chi connectivity index (χ1v) is 6.65. The summed E-state index contributed by atoms with van der Waals surface area (Å²) in [4.78, 5) is 16.7. The van der Waals surface area contributed by atoms with Gasteiger partial charge >= 0.3 is 11.8 Å². The van der Waals surface area contributed by atoms with Crippen LogP contribution in [0.3, 0.4) is 0 Å². The molecule has 1 aromatic rings. The minimum absolute atomic E-state index is 0.0834. The van der Waals surface area contributed by atoms with Gasteiger partial charge < -0.3 is 9.84 Å². The van der Waals surface area contributed by atoms with E-state index in [0.29, 0.717) is 11.5 Å². The van der Waals surface area contributed by atoms with Crippen LogP contribution in [0.1, 0.15) is 5.76 Å². The summed E-state index contributed by atoms with van der Waals surface area (Å²) in [6, 6.07) is 1.28. The van der Waals surface area contributed by atoms with Gasteiger partial charge in [0.2, 0.25) is 0 Å². The topological polar surface area (TPSA) is 70.7 Å². The van der Waals surface area contributed by atoms with Crippen molar-refractivity contribution in [1.82, 2.24) is 10.1 Å². The van der Waals surface area contributed by atoms with Gasteiger partial charge in [0.15, 0.2) is 11.0 Å². The molecule has 10 heteroatoms. The first-order chi connectivity index (χ1) is 9.33. The van der Waals surface area contributed by atoms with Crippen LogP contribution in [-0.4, -0.2) is 45.3 Å². The Labute approximate surface area is 115 Å². The number of amides is 1. The number of fused-ring (bicyclic) bond motifs is 1. The lowest BCUT2D eigenvalue weighted by Gasteiger charge is -2.28. The van der Waals surface area contributed by atoms with Crippen molar-refractivity contribution in [3.8, 4) is 0 Å². The van der Waals surface area contributed by atoms with E-state index in [-0.39, 0.29) is 17.5 Å². The average Bonchev–Trinajstić information content (AvgIpc) is 2.99. The number of anilines is 1. The van der Waals surface area contributed by atoms with Crippen LogP contribution in [0.25, 0.3) is 0 Å². The van der Waals surface area contributed by atoms with E-state index >= 15 is 0 Å². The van der Waals surface area contributed by atoms with Crippen LogP contribution in [0.4, 0.5) is 19.0 Å². The number of hydrogen-bond donors (Lipinski definition) is 1. The van der Waals surface area contributed by atoms with Crippen molar-refractivity contribution in [3.63, 3.8) is 0 Å². The lowest BCUT2D eigenvalue weighted by Crippen LogP contribution is -2.57. The number of nitrogens with one attached hydrogen (secondary N) is 1. The minimum atomic E-state index is -4.88. The maximum atomic E-state index is 13.4. The van der Waals surface area contributed by atoms with Crippen molar-refractivity contribution < 1.29 is 22.5 Å². The minimum Gasteiger partial charge on any atom is -0.360 e. The van der Waals surface area contributed by atoms with Crippen molar-refractivity contribution in [2.75, 3.05) is 17.6 Å². The number of carbonyl (C=O) groups is 1. The molecule has 0 aliphatic carbocycles. The molecular weight excluding hydrogens is 297 g/mol. The zero-order chi connectivity index (χ0) is 14.5. The highest BCUT2D eigenvalue weighted by molar-refractivity contribution is 8.14. The van der Waals surface area contributed by atoms with Gasteiger partial charge in [0, 0.05) is 18.4 Å². The predicted molar refractivity (Wildman–Crippen MR) is 65.3 cm³/mol. The SMILES string of the molecule is Cc1cc(N[C@]2(C(F)(F)F)N=C3SCCN3C2=O)no1. The van der Waals surface area contributed by atoms with Crippen LogP contribution in [-0.2, 0) is 4.79 Å². The van der Waals surface area contributed by atoms with Gasteiger partial charge in [-0.05, 0) is 6.92 Å². The maximum Gasteiger partial charge on any atom is 0.442 e. The highest BCUT2D eigenvalue weighted by atomic mass is 32.2. The third-order valence-electron chi connectivity index (χ3n) is 2.94. The average molecular weight is 306 g/mol. The number of carbonyl (C=O) groups excluding carboxylic acids is 1. The highest BCUT2D eigenvalue weighted by Crippen LogP contribution is 2.42. The molecule has 1 saturated heterocycles. The third-order valence-corrected chi connectivity index (χ3v) is 3.90. The summed E-state index contributed by atoms with van der Waals surface area (Å²) in [5, 5.41) is 5.59. The Morgan fingerprint density at radius 1 is 1.55 bits per heavy atom. The Balaban J connectivity index is 2.03. The fraction of sp³-hybridized carbons (Fsp3) is 0.500. The number of nitrogens with zero attached hydrogens (tertiary/aromatic N) is 3. The molecule has 2 aliphatic rings. The summed E-state index contributed by atoms with van der Waals surface area (Å²) < 4.78 is 44.8. The second kappa shape index (κ2) is 4.14. The number of hydrogen-bond acceptors (Lipinski definition) is 6. The fourth-order valence-corrected chi connectivity index (χ4v) is 3.00. The molecule has 2 aliphatic heterocycles. The summed E-state index contributed by atoms with van der Waals surface area (Å²) in [5.74, 6) is -0.436. The van der Waals surface area contributed by atoms with Crippen molar-refractivity contribution in [2.24, 2.45) is 4.99 Å². The molecule has 0 aromatic carbocycles. The fourth-order valence-electron chi connectivity index (χ4n) is 2.02. The molecule has 3 rings (SSSR count). The third kappa shape index (κ3) is 1.78. The van der Waals surface area contributed by atoms with Gasteiger partial charge in [-0.3, -0.25) is 9.69 Å². The smallest absolute Gasteiger partial charge is 0.360 e. The number of rotatable bonds is 2. The van der Waals surface area contributed by atoms with E-state index < -0.39 is 17.7 Å². The highest BCUT2D eigenvalue weighted by Gasteiger charge is 2.67. The lowest BCUT2D eigenvalue weighted by molar-refractivity contribution is -0.185. The quantitative estimate of drug-likeness (QED) is 0.898. The monoisotopic (exact) mass is 306 g/mol. The Kier molecular flexibility index (Phi) is 2.75. The standard InChI is InChI=1S/C10H9F3N4O2S/c1-5-4-6(16-19-5)14-9(10(11,12)13)7(18)17-2-3-20-8(17)15-9/h4H,2-3H2,1H3,(H,14,16)/t9-/m0/s1. The van der Waals surface area contributed by atoms with E-state index in [1.807, 2.05) is 0 Å². The van der Waals surface area contributed by atoms with Crippen LogP contribution < -0.4 is 5.32 Å². The molecular formula is C10H9F3N4O2S. The Morgan fingerprint density at radius 2 is 2.30 bits per heavy atom. The van der Waals surface area contributed by atoms with Crippen LogP contribution in [0.2, 0.25) is 0 Å². The molecule has 0 spiro atoms. The van der Waals surface area contributed by atoms with Gasteiger partial charge in [0.05, 0.1) is 0 Å². The molecule has 20 heavy (non-hydrogen) atoms. The molecule has 1 amide bonds.